The number of aryl methyl sites for hydroxylation is 2. The fraction of sp³-hybridized carbons (Fsp3) is 0.400. The summed E-state index contributed by atoms with van der Waals surface area (Å²) in [6.45, 7) is 2.00. The van der Waals surface area contributed by atoms with Gasteiger partial charge in [0.15, 0.2) is 0 Å². The standard InChI is InChI=1S/C33H33ClN6O3.C25H30ClN5O2.C8H5NO2.C4H8O/c1-39-18-26(23-9-4-5-12-28(23)39)29-27(34)17-35-33(38-29)37-21-8-6-7-20(16-21)36-30(41)19-13-14-22(15-19)40-31(42)24-10-2-3-11-25(24)32(40)43;1-31-14-20(19-7-2-3-8-22(19)31)23-21(26)13-27-25(30-23)29-17-6-4-5-16(12-17)28-24(33)15-9-10-18(32)11-15;10-7-5-3-1-2-4-6(5)8(11)9-7;1-2-4-5-3-1/h2-5,9-12,17-22H,6-8,13-16H2,1H3,(H,36,41)(H,35,37,38);2-3,7-8,13-18,32H,4-6,9-12H2,1H3,(H,28,33)(H,27,29,30);1-4H,(H,9,10,11);1-4H2/t19-,20-,21+,22+;15-,16-,17+,18-;;/m00../s1. The largest absolute Gasteiger partial charge is 0.393 e. The minimum atomic E-state index is -0.334. The van der Waals surface area contributed by atoms with Crippen LogP contribution in [0.25, 0.3) is 44.3 Å². The van der Waals surface area contributed by atoms with Crippen LogP contribution in [0.4, 0.5) is 11.9 Å². The Morgan fingerprint density at radius 2 is 0.957 bits per heavy atom. The average Bonchev–Trinajstić information content (AvgIpc) is 1.64. The van der Waals surface area contributed by atoms with Crippen LogP contribution in [0, 0.1) is 11.8 Å². The highest BCUT2D eigenvalue weighted by atomic mass is 35.5. The van der Waals surface area contributed by atoms with Crippen LogP contribution < -0.4 is 26.6 Å². The number of amides is 6. The Balaban J connectivity index is 0.000000145. The number of carbonyl (C=O) groups excluding carboxylic acids is 6. The van der Waals surface area contributed by atoms with Crippen molar-refractivity contribution in [1.82, 2.24) is 49.9 Å². The van der Waals surface area contributed by atoms with E-state index in [2.05, 4.69) is 76.1 Å². The molecule has 8 atom stereocenters. The lowest BCUT2D eigenvalue weighted by Gasteiger charge is -2.31. The van der Waals surface area contributed by atoms with Crippen LogP contribution in [0.15, 0.2) is 122 Å². The Morgan fingerprint density at radius 1 is 0.522 bits per heavy atom. The minimum Gasteiger partial charge on any atom is -0.393 e. The topological polar surface area (TPSA) is 257 Å². The van der Waals surface area contributed by atoms with Gasteiger partial charge in [-0.1, -0.05) is 83.9 Å². The number of hydrogen-bond donors (Lipinski definition) is 6. The van der Waals surface area contributed by atoms with Gasteiger partial charge in [-0.05, 0) is 139 Å². The maximum absolute atomic E-state index is 13.3. The summed E-state index contributed by atoms with van der Waals surface area (Å²) in [4.78, 5) is 93.5. The Labute approximate surface area is 543 Å². The van der Waals surface area contributed by atoms with Crippen molar-refractivity contribution in [2.24, 2.45) is 25.9 Å². The van der Waals surface area contributed by atoms with Crippen LogP contribution in [0.5, 0.6) is 0 Å². The van der Waals surface area contributed by atoms with E-state index >= 15 is 0 Å². The van der Waals surface area contributed by atoms with E-state index in [0.29, 0.717) is 81.3 Å². The van der Waals surface area contributed by atoms with E-state index in [1.165, 1.54) is 17.7 Å². The van der Waals surface area contributed by atoms with Crippen LogP contribution in [-0.4, -0.2) is 124 Å². The van der Waals surface area contributed by atoms with Crippen molar-refractivity contribution in [3.8, 4) is 22.5 Å². The third-order valence-corrected chi connectivity index (χ3v) is 19.3. The smallest absolute Gasteiger partial charge is 0.261 e. The number of nitrogens with zero attached hydrogens (tertiary/aromatic N) is 7. The van der Waals surface area contributed by atoms with Gasteiger partial charge < -0.3 is 40.2 Å². The zero-order valence-corrected chi connectivity index (χ0v) is 53.1. The van der Waals surface area contributed by atoms with E-state index in [9.17, 15) is 33.9 Å². The summed E-state index contributed by atoms with van der Waals surface area (Å²) < 4.78 is 9.09. The number of rotatable bonds is 11. The zero-order valence-electron chi connectivity index (χ0n) is 51.6. The van der Waals surface area contributed by atoms with Gasteiger partial charge in [-0.25, -0.2) is 19.9 Å². The van der Waals surface area contributed by atoms with E-state index < -0.39 is 0 Å². The molecule has 5 fully saturated rings. The summed E-state index contributed by atoms with van der Waals surface area (Å²) in [5.41, 5.74) is 7.41. The van der Waals surface area contributed by atoms with E-state index in [0.717, 1.165) is 110 Å². The molecule has 4 saturated carbocycles. The molecule has 6 N–H and O–H groups in total. The molecule has 4 aliphatic carbocycles. The number of hydrogen-bond acceptors (Lipinski definition) is 14. The number of anilines is 2. The highest BCUT2D eigenvalue weighted by Gasteiger charge is 2.44. The fourth-order valence-electron chi connectivity index (χ4n) is 14.0. The normalized spacial score (nSPS) is 23.1. The lowest BCUT2D eigenvalue weighted by atomic mass is 9.90. The summed E-state index contributed by atoms with van der Waals surface area (Å²) in [5, 5.41) is 28.6. The number of aliphatic hydroxyl groups is 1. The number of fused-ring (bicyclic) bond motifs is 4. The molecule has 15 rings (SSSR count). The van der Waals surface area contributed by atoms with Crippen molar-refractivity contribution in [2.45, 2.75) is 139 Å². The van der Waals surface area contributed by atoms with Crippen molar-refractivity contribution in [3.05, 3.63) is 154 Å². The molecule has 92 heavy (non-hydrogen) atoms. The van der Waals surface area contributed by atoms with Gasteiger partial charge >= 0.3 is 0 Å². The van der Waals surface area contributed by atoms with Gasteiger partial charge in [-0.2, -0.15) is 0 Å². The maximum atomic E-state index is 13.3. The van der Waals surface area contributed by atoms with Gasteiger partial charge in [0, 0.05) is 115 Å². The molecule has 0 spiro atoms. The van der Waals surface area contributed by atoms with Crippen molar-refractivity contribution in [2.75, 3.05) is 23.8 Å². The molecule has 20 nitrogen and oxygen atoms in total. The first-order valence-corrected chi connectivity index (χ1v) is 32.8. The van der Waals surface area contributed by atoms with Crippen molar-refractivity contribution in [1.29, 1.82) is 0 Å². The first kappa shape index (κ1) is 63.6. The van der Waals surface area contributed by atoms with Gasteiger partial charge in [0.1, 0.15) is 0 Å². The molecule has 7 heterocycles. The minimum absolute atomic E-state index is 0.00532. The zero-order chi connectivity index (χ0) is 64.0. The van der Waals surface area contributed by atoms with Crippen LogP contribution in [-0.2, 0) is 28.4 Å². The summed E-state index contributed by atoms with van der Waals surface area (Å²) in [7, 11) is 4.02. The number of halogens is 2. The van der Waals surface area contributed by atoms with E-state index in [-0.39, 0.29) is 83.6 Å². The van der Waals surface area contributed by atoms with Gasteiger partial charge in [-0.3, -0.25) is 39.0 Å². The Morgan fingerprint density at radius 3 is 1.41 bits per heavy atom. The number of para-hydroxylation sites is 2. The van der Waals surface area contributed by atoms with Crippen LogP contribution >= 0.6 is 23.2 Å². The van der Waals surface area contributed by atoms with Gasteiger partial charge in [-0.15, -0.1) is 0 Å². The molecular weight excluding hydrogens is 1210 g/mol. The van der Waals surface area contributed by atoms with Gasteiger partial charge in [0.25, 0.3) is 23.6 Å². The monoisotopic (exact) mass is 1280 g/mol. The van der Waals surface area contributed by atoms with E-state index in [4.69, 9.17) is 37.9 Å². The predicted octanol–water partition coefficient (Wildman–Crippen LogP) is 11.2. The van der Waals surface area contributed by atoms with Crippen LogP contribution in [0.1, 0.15) is 144 Å². The Hall–Kier alpha value is -8.56. The van der Waals surface area contributed by atoms with Crippen molar-refractivity contribution < 1.29 is 38.6 Å². The second-order valence-electron chi connectivity index (χ2n) is 25.1. The first-order chi connectivity index (χ1) is 44.6. The summed E-state index contributed by atoms with van der Waals surface area (Å²) in [5.74, 6) is -0.217. The second-order valence-corrected chi connectivity index (χ2v) is 25.9. The van der Waals surface area contributed by atoms with Crippen molar-refractivity contribution >= 4 is 92.3 Å². The third kappa shape index (κ3) is 14.2. The molecule has 4 aromatic carbocycles. The quantitative estimate of drug-likeness (QED) is 0.0659. The van der Waals surface area contributed by atoms with Gasteiger partial charge in [0.05, 0.1) is 62.2 Å². The Kier molecular flexibility index (Phi) is 19.7. The molecule has 478 valence electrons. The van der Waals surface area contributed by atoms with Crippen LogP contribution in [0.2, 0.25) is 10.0 Å². The SMILES string of the molecule is C1CCOC1.Cn1cc(-c2nc(N[C@@H]3CCC[C@H](NC(=O)[C@H]4CC[C@@H](N5C(=O)c6ccccc6C5=O)C4)C3)ncc2Cl)c2ccccc21.Cn1cc(-c2nc(N[C@@H]3CCC[C@H](NC(=O)[C@H]4CC[C@H](O)C4)C3)ncc2Cl)c2ccccc21.O=C1NC(=O)c2ccccc21. The lowest BCUT2D eigenvalue weighted by Crippen LogP contribution is -2.44. The molecule has 0 unspecified atom stereocenters. The average molecular weight is 1280 g/mol. The molecule has 6 amide bonds. The molecule has 1 saturated heterocycles. The molecule has 22 heteroatoms. The van der Waals surface area contributed by atoms with E-state index in [1.807, 2.05) is 44.6 Å². The number of aromatic nitrogens is 6. The molecule has 0 radical (unpaired) electrons. The number of nitrogens with one attached hydrogen (secondary N) is 5. The molecule has 4 aromatic heterocycles. The van der Waals surface area contributed by atoms with Gasteiger partial charge in [0.2, 0.25) is 23.7 Å². The first-order valence-electron chi connectivity index (χ1n) is 32.1. The highest BCUT2D eigenvalue weighted by Crippen LogP contribution is 2.38. The predicted molar refractivity (Wildman–Crippen MR) is 353 cm³/mol. The number of carbonyl (C=O) groups is 6. The number of aliphatic hydroxyl groups excluding tert-OH is 1. The second kappa shape index (κ2) is 28.5. The van der Waals surface area contributed by atoms with Crippen molar-refractivity contribution in [3.63, 3.8) is 0 Å². The summed E-state index contributed by atoms with van der Waals surface area (Å²) in [6.07, 6.45) is 20.9. The maximum Gasteiger partial charge on any atom is 0.261 e. The highest BCUT2D eigenvalue weighted by molar-refractivity contribution is 6.34. The molecular formula is C70H76Cl2N12O8. The number of imide groups is 2. The Bertz CT molecular complexity index is 4000. The molecule has 3 aliphatic heterocycles. The number of benzene rings is 4. The van der Waals surface area contributed by atoms with E-state index in [1.54, 1.807) is 60.9 Å². The van der Waals surface area contributed by atoms with Crippen LogP contribution in [0.3, 0.4) is 0 Å². The summed E-state index contributed by atoms with van der Waals surface area (Å²) >= 11 is 13.1. The fourth-order valence-corrected chi connectivity index (χ4v) is 14.4. The lowest BCUT2D eigenvalue weighted by molar-refractivity contribution is -0.126. The number of ether oxygens (including phenoxy) is 1. The summed E-state index contributed by atoms with van der Waals surface area (Å²) in [6, 6.07) is 30.2. The molecule has 8 aromatic rings. The third-order valence-electron chi connectivity index (χ3n) is 18.7. The molecule has 0 bridgehead atoms. The molecule has 7 aliphatic rings.